The van der Waals surface area contributed by atoms with Gasteiger partial charge in [0.25, 0.3) is 0 Å². The summed E-state index contributed by atoms with van der Waals surface area (Å²) >= 11 is 0. The molecule has 0 saturated carbocycles. The third-order valence-electron chi connectivity index (χ3n) is 1.23. The second kappa shape index (κ2) is 8.84. The lowest BCUT2D eigenvalue weighted by atomic mass is 11.0. The average Bonchev–Trinajstić information content (AvgIpc) is 3.05. The molecule has 0 spiro atoms. The number of aromatic nitrogens is 3. The summed E-state index contributed by atoms with van der Waals surface area (Å²) in [6.45, 7) is 0. The Morgan fingerprint density at radius 1 is 0.632 bits per heavy atom. The van der Waals surface area contributed by atoms with Crippen molar-refractivity contribution in [3.63, 3.8) is 0 Å². The maximum absolute atomic E-state index is 9.79. The predicted molar refractivity (Wildman–Crippen MR) is 57.0 cm³/mol. The van der Waals surface area contributed by atoms with Gasteiger partial charge in [-0.25, -0.2) is 0 Å². The lowest BCUT2D eigenvalue weighted by Crippen LogP contribution is -1.95. The van der Waals surface area contributed by atoms with Crippen molar-refractivity contribution in [3.8, 4) is 0 Å². The summed E-state index contributed by atoms with van der Waals surface area (Å²) in [6, 6.07) is 0. The molecular formula is C9H6N4O6. The Balaban J connectivity index is 0.000000249. The molecule has 10 heteroatoms. The van der Waals surface area contributed by atoms with Crippen molar-refractivity contribution in [3.05, 3.63) is 69.0 Å². The minimum absolute atomic E-state index is 0. The van der Waals surface area contributed by atoms with Gasteiger partial charge in [-0.1, -0.05) is 0 Å². The number of oxazole rings is 3. The minimum Gasteiger partial charge on any atom is -0.594 e. The summed E-state index contributed by atoms with van der Waals surface area (Å²) < 4.78 is 12.5. The van der Waals surface area contributed by atoms with Crippen molar-refractivity contribution < 1.29 is 13.3 Å². The van der Waals surface area contributed by atoms with Gasteiger partial charge in [-0.05, 0) is 0 Å². The molecule has 0 aliphatic rings. The summed E-state index contributed by atoms with van der Waals surface area (Å²) in [4.78, 5) is 39.0. The fourth-order valence-corrected chi connectivity index (χ4v) is 0.631. The van der Waals surface area contributed by atoms with E-state index in [4.69, 9.17) is 0 Å². The van der Waals surface area contributed by atoms with E-state index in [2.05, 4.69) is 28.2 Å². The van der Waals surface area contributed by atoms with Crippen LogP contribution in [0.5, 0.6) is 0 Å². The van der Waals surface area contributed by atoms with E-state index in [1.165, 1.54) is 37.4 Å². The van der Waals surface area contributed by atoms with Crippen molar-refractivity contribution in [1.29, 1.82) is 0 Å². The molecule has 0 atom stereocenters. The number of rotatable bonds is 0. The molecule has 3 aromatic heterocycles. The highest BCUT2D eigenvalue weighted by Gasteiger charge is 3.00. The Morgan fingerprint density at radius 2 is 0.895 bits per heavy atom. The first-order valence-electron chi connectivity index (χ1n) is 4.38. The van der Waals surface area contributed by atoms with Gasteiger partial charge in [-0.3, -0.25) is 14.4 Å². The van der Waals surface area contributed by atoms with Gasteiger partial charge in [-0.15, -0.1) is 18.6 Å². The summed E-state index contributed by atoms with van der Waals surface area (Å²) in [5, 5.41) is 0. The van der Waals surface area contributed by atoms with E-state index in [-0.39, 0.29) is 6.15 Å². The number of hydrogen-bond donors (Lipinski definition) is 0. The van der Waals surface area contributed by atoms with Gasteiger partial charge >= 0.3 is 6.15 Å². The van der Waals surface area contributed by atoms with Crippen molar-refractivity contribution in [2.75, 3.05) is 0 Å². The second-order valence-electron chi connectivity index (χ2n) is 2.39. The lowest BCUT2D eigenvalue weighted by molar-refractivity contribution is 0.513. The molecule has 2 radical (unpaired) electrons. The Labute approximate surface area is 104 Å². The number of hydrogen-bond acceptors (Lipinski definition) is 6. The average molecular weight is 266 g/mol. The molecule has 0 aliphatic heterocycles. The van der Waals surface area contributed by atoms with E-state index < -0.39 is 17.3 Å². The summed E-state index contributed by atoms with van der Waals surface area (Å²) in [7, 11) is 0. The maximum Gasteiger partial charge on any atom is 3.00 e. The van der Waals surface area contributed by atoms with E-state index in [0.29, 0.717) is 0 Å². The van der Waals surface area contributed by atoms with E-state index in [1.54, 1.807) is 0 Å². The molecule has 0 aromatic carbocycles. The van der Waals surface area contributed by atoms with E-state index in [1.807, 2.05) is 0 Å². The third-order valence-corrected chi connectivity index (χ3v) is 1.23. The Hall–Kier alpha value is -3.26. The molecule has 98 valence electrons. The van der Waals surface area contributed by atoms with Gasteiger partial charge in [0.15, 0.2) is 0 Å². The molecule has 0 N–H and O–H groups in total. The van der Waals surface area contributed by atoms with Crippen LogP contribution in [0.1, 0.15) is 0 Å². The normalized spacial score (nSPS) is 8.21. The fourth-order valence-electron chi connectivity index (χ4n) is 0.631. The van der Waals surface area contributed by atoms with Crippen LogP contribution in [0.4, 0.5) is 0 Å². The monoisotopic (exact) mass is 266 g/mol. The topological polar surface area (TPSA) is 163 Å². The van der Waals surface area contributed by atoms with Crippen LogP contribution in [0.15, 0.2) is 65.0 Å². The zero-order valence-electron chi connectivity index (χ0n) is 9.20. The number of nitrogens with zero attached hydrogens (tertiary/aromatic N) is 4. The Morgan fingerprint density at radius 3 is 0.947 bits per heavy atom. The first-order chi connectivity index (χ1) is 8.68. The summed E-state index contributed by atoms with van der Waals surface area (Å²) in [5.74, 6) is -1.60. The molecule has 19 heavy (non-hydrogen) atoms. The van der Waals surface area contributed by atoms with Crippen molar-refractivity contribution >= 4 is 0 Å². The molecule has 0 saturated heterocycles. The van der Waals surface area contributed by atoms with Crippen molar-refractivity contribution in [2.24, 2.45) is 0 Å². The van der Waals surface area contributed by atoms with Gasteiger partial charge in [0, 0.05) is 0 Å². The van der Waals surface area contributed by atoms with Gasteiger partial charge < -0.3 is 28.2 Å². The first kappa shape index (κ1) is 15.7. The van der Waals surface area contributed by atoms with Crippen LogP contribution in [-0.4, -0.2) is 0 Å². The first-order valence-corrected chi connectivity index (χ1v) is 4.38. The van der Waals surface area contributed by atoms with Crippen LogP contribution in [0.25, 0.3) is 0 Å². The van der Waals surface area contributed by atoms with Crippen LogP contribution in [0, 0.1) is 0 Å². The Kier molecular flexibility index (Phi) is 7.33. The zero-order chi connectivity index (χ0) is 13.2. The zero-order valence-corrected chi connectivity index (χ0v) is 9.20. The molecule has 0 fully saturated rings. The SMILES string of the molecule is O=c1[n-]cco1.O=c1[n-]cco1.O=c1[n-]cco1.[N+3]. The fraction of sp³-hybridized carbons (Fsp3) is 0. The van der Waals surface area contributed by atoms with Gasteiger partial charge in [0.2, 0.25) is 17.3 Å². The molecule has 0 unspecified atom stereocenters. The van der Waals surface area contributed by atoms with Crippen molar-refractivity contribution in [1.82, 2.24) is 21.1 Å². The molecule has 0 bridgehead atoms. The molecule has 0 aliphatic carbocycles. The third kappa shape index (κ3) is 7.60. The largest absolute Gasteiger partial charge is 3.00 e. The lowest BCUT2D eigenvalue weighted by Gasteiger charge is -1.68. The molecule has 3 heterocycles. The van der Waals surface area contributed by atoms with Crippen molar-refractivity contribution in [2.45, 2.75) is 0 Å². The Bertz CT molecular complexity index is 538. The molecular weight excluding hydrogens is 260 g/mol. The highest BCUT2D eigenvalue weighted by molar-refractivity contribution is 4.59. The standard InChI is InChI=1S/3C3H3NO2.N/c3*5-3-4-1-2-6-3;/h3*1-2H,(H,4,5);/q;;;+3/p-3. The molecule has 0 amide bonds. The summed E-state index contributed by atoms with van der Waals surface area (Å²) in [6.07, 6.45) is 7.64. The van der Waals surface area contributed by atoms with E-state index in [0.717, 1.165) is 0 Å². The molecule has 10 nitrogen and oxygen atoms in total. The quantitative estimate of drug-likeness (QED) is 0.461. The predicted octanol–water partition coefficient (Wildman–Crippen LogP) is -1.69. The van der Waals surface area contributed by atoms with E-state index in [9.17, 15) is 14.4 Å². The van der Waals surface area contributed by atoms with Gasteiger partial charge in [0.1, 0.15) is 0 Å². The maximum atomic E-state index is 9.79. The molecule has 3 rings (SSSR count). The van der Waals surface area contributed by atoms with Gasteiger partial charge in [0.05, 0.1) is 18.8 Å². The second-order valence-corrected chi connectivity index (χ2v) is 2.39. The van der Waals surface area contributed by atoms with Crippen LogP contribution in [-0.2, 0) is 0 Å². The minimum atomic E-state index is -0.532. The van der Waals surface area contributed by atoms with E-state index >= 15 is 0 Å². The van der Waals surface area contributed by atoms with Crippen LogP contribution in [0.3, 0.4) is 0 Å². The highest BCUT2D eigenvalue weighted by atomic mass is 16.4. The van der Waals surface area contributed by atoms with Crippen LogP contribution >= 0.6 is 0 Å². The summed E-state index contributed by atoms with van der Waals surface area (Å²) in [5.41, 5.74) is 0. The van der Waals surface area contributed by atoms with Gasteiger partial charge in [-0.2, -0.15) is 0 Å². The van der Waals surface area contributed by atoms with Crippen LogP contribution in [0.2, 0.25) is 0 Å². The van der Waals surface area contributed by atoms with Crippen LogP contribution < -0.4 is 38.4 Å². The molecule has 3 aromatic rings. The highest BCUT2D eigenvalue weighted by Crippen LogP contribution is 1.62. The smallest absolute Gasteiger partial charge is 0.594 e.